The molecule has 0 amide bonds. The number of nitrogens with two attached hydrogens (primary N) is 1. The Kier molecular flexibility index (Phi) is 19.6. The topological polar surface area (TPSA) is 134 Å². The van der Waals surface area contributed by atoms with E-state index in [1.54, 1.807) is 0 Å². The third-order valence-corrected chi connectivity index (χ3v) is 3.56. The molecule has 0 saturated heterocycles. The average Bonchev–Trinajstić information content (AvgIpc) is 2.65. The van der Waals surface area contributed by atoms with Gasteiger partial charge in [0.05, 0.1) is 92.1 Å². The van der Waals surface area contributed by atoms with Gasteiger partial charge in [-0.3, -0.25) is 4.18 Å². The SMILES string of the molecule is COC(N)COCCOCCOCCOCCOCCOCCOS(C)(=O)=O. The summed E-state index contributed by atoms with van der Waals surface area (Å²) in [7, 11) is -1.88. The van der Waals surface area contributed by atoms with E-state index in [0.717, 1.165) is 6.26 Å². The second-order valence-corrected chi connectivity index (χ2v) is 7.08. The van der Waals surface area contributed by atoms with Crippen LogP contribution in [0.15, 0.2) is 0 Å². The van der Waals surface area contributed by atoms with E-state index in [9.17, 15) is 8.42 Å². The van der Waals surface area contributed by atoms with E-state index in [1.807, 2.05) is 0 Å². The minimum absolute atomic E-state index is 0.00382. The maximum absolute atomic E-state index is 10.7. The minimum atomic E-state index is -3.41. The molecule has 0 rings (SSSR count). The van der Waals surface area contributed by atoms with E-state index in [1.165, 1.54) is 7.11 Å². The van der Waals surface area contributed by atoms with E-state index in [0.29, 0.717) is 72.7 Å². The van der Waals surface area contributed by atoms with Crippen molar-refractivity contribution in [3.63, 3.8) is 0 Å². The molecule has 0 aliphatic carbocycles. The van der Waals surface area contributed by atoms with Crippen LogP contribution in [-0.4, -0.2) is 114 Å². The highest BCUT2D eigenvalue weighted by Gasteiger charge is 2.00. The van der Waals surface area contributed by atoms with Crippen molar-refractivity contribution < 1.29 is 45.8 Å². The van der Waals surface area contributed by atoms with Gasteiger partial charge in [-0.05, 0) is 0 Å². The van der Waals surface area contributed by atoms with Crippen LogP contribution in [0.5, 0.6) is 0 Å². The lowest BCUT2D eigenvalue weighted by Crippen LogP contribution is -2.28. The van der Waals surface area contributed by atoms with Crippen LogP contribution in [0.1, 0.15) is 0 Å². The second-order valence-electron chi connectivity index (χ2n) is 5.44. The summed E-state index contributed by atoms with van der Waals surface area (Å²) in [5.74, 6) is 0. The first-order chi connectivity index (χ1) is 13.5. The molecule has 0 saturated carbocycles. The van der Waals surface area contributed by atoms with E-state index in [2.05, 4.69) is 4.18 Å². The van der Waals surface area contributed by atoms with Gasteiger partial charge in [-0.25, -0.2) is 0 Å². The van der Waals surface area contributed by atoms with Crippen LogP contribution in [0.25, 0.3) is 0 Å². The van der Waals surface area contributed by atoms with E-state index in [4.69, 9.17) is 38.9 Å². The molecule has 1 unspecified atom stereocenters. The van der Waals surface area contributed by atoms with Gasteiger partial charge < -0.3 is 38.9 Å². The molecular weight excluding hydrogens is 398 g/mol. The molecule has 170 valence electrons. The van der Waals surface area contributed by atoms with Crippen molar-refractivity contribution >= 4 is 10.1 Å². The monoisotopic (exact) mass is 433 g/mol. The van der Waals surface area contributed by atoms with Crippen molar-refractivity contribution in [3.8, 4) is 0 Å². The van der Waals surface area contributed by atoms with Gasteiger partial charge in [-0.1, -0.05) is 0 Å². The van der Waals surface area contributed by atoms with Crippen LogP contribution in [0.4, 0.5) is 0 Å². The highest BCUT2D eigenvalue weighted by molar-refractivity contribution is 7.85. The van der Waals surface area contributed by atoms with Crippen LogP contribution in [0, 0.1) is 0 Å². The van der Waals surface area contributed by atoms with Gasteiger partial charge in [0, 0.05) is 7.11 Å². The highest BCUT2D eigenvalue weighted by atomic mass is 32.2. The molecule has 0 radical (unpaired) electrons. The molecule has 0 aliphatic rings. The van der Waals surface area contributed by atoms with Crippen molar-refractivity contribution in [1.29, 1.82) is 0 Å². The highest BCUT2D eigenvalue weighted by Crippen LogP contribution is 1.88. The molecule has 0 heterocycles. The average molecular weight is 434 g/mol. The molecule has 0 aromatic heterocycles. The van der Waals surface area contributed by atoms with Crippen molar-refractivity contribution in [2.24, 2.45) is 5.73 Å². The fourth-order valence-electron chi connectivity index (χ4n) is 1.61. The van der Waals surface area contributed by atoms with E-state index in [-0.39, 0.29) is 13.2 Å². The predicted molar refractivity (Wildman–Crippen MR) is 101 cm³/mol. The van der Waals surface area contributed by atoms with Crippen molar-refractivity contribution in [3.05, 3.63) is 0 Å². The molecular formula is C16H35NO10S. The Morgan fingerprint density at radius 2 is 0.964 bits per heavy atom. The Bertz CT molecular complexity index is 424. The zero-order valence-corrected chi connectivity index (χ0v) is 17.7. The van der Waals surface area contributed by atoms with E-state index < -0.39 is 16.3 Å². The zero-order valence-electron chi connectivity index (χ0n) is 16.8. The van der Waals surface area contributed by atoms with Crippen molar-refractivity contribution in [2.45, 2.75) is 6.23 Å². The smallest absolute Gasteiger partial charge is 0.264 e. The molecule has 0 fully saturated rings. The number of methoxy groups -OCH3 is 1. The predicted octanol–water partition coefficient (Wildman–Crippen LogP) is -1.01. The number of hydrogen-bond donors (Lipinski definition) is 1. The summed E-state index contributed by atoms with van der Waals surface area (Å²) in [5.41, 5.74) is 5.51. The molecule has 28 heavy (non-hydrogen) atoms. The van der Waals surface area contributed by atoms with Crippen LogP contribution in [-0.2, 0) is 47.5 Å². The van der Waals surface area contributed by atoms with Crippen LogP contribution in [0.3, 0.4) is 0 Å². The summed E-state index contributed by atoms with van der Waals surface area (Å²) in [6.07, 6.45) is 0.588. The first-order valence-corrected chi connectivity index (χ1v) is 10.9. The van der Waals surface area contributed by atoms with Gasteiger partial charge >= 0.3 is 0 Å². The van der Waals surface area contributed by atoms with Gasteiger partial charge in [0.15, 0.2) is 0 Å². The van der Waals surface area contributed by atoms with Gasteiger partial charge in [-0.15, -0.1) is 0 Å². The Morgan fingerprint density at radius 1 is 0.643 bits per heavy atom. The summed E-state index contributed by atoms with van der Waals surface area (Å²) in [6.45, 7) is 5.05. The number of rotatable bonds is 22. The molecule has 1 atom stereocenters. The summed E-state index contributed by atoms with van der Waals surface area (Å²) in [5, 5.41) is 0. The molecule has 0 bridgehead atoms. The number of hydrogen-bond acceptors (Lipinski definition) is 11. The summed E-state index contributed by atoms with van der Waals surface area (Å²) in [4.78, 5) is 0. The molecule has 0 spiro atoms. The third-order valence-electron chi connectivity index (χ3n) is 2.97. The second kappa shape index (κ2) is 19.9. The minimum Gasteiger partial charge on any atom is -0.377 e. The lowest BCUT2D eigenvalue weighted by atomic mass is 10.6. The standard InChI is InChI=1S/C16H35NO10S/c1-20-16(17)15-26-12-11-24-8-7-22-4-3-21-5-6-23-9-10-25-13-14-27-28(2,18)19/h16H,3-15,17H2,1-2H3. The summed E-state index contributed by atoms with van der Waals surface area (Å²) >= 11 is 0. The Balaban J connectivity index is 3.07. The maximum Gasteiger partial charge on any atom is 0.264 e. The van der Waals surface area contributed by atoms with Gasteiger partial charge in [0.25, 0.3) is 10.1 Å². The lowest BCUT2D eigenvalue weighted by molar-refractivity contribution is -0.0286. The zero-order chi connectivity index (χ0) is 20.9. The van der Waals surface area contributed by atoms with Crippen LogP contribution in [0.2, 0.25) is 0 Å². The lowest BCUT2D eigenvalue weighted by Gasteiger charge is -2.10. The molecule has 0 aliphatic heterocycles. The van der Waals surface area contributed by atoms with Crippen molar-refractivity contribution in [1.82, 2.24) is 0 Å². The largest absolute Gasteiger partial charge is 0.377 e. The fraction of sp³-hybridized carbons (Fsp3) is 1.00. The fourth-order valence-corrected chi connectivity index (χ4v) is 1.98. The maximum atomic E-state index is 10.7. The molecule has 12 heteroatoms. The number of ether oxygens (including phenoxy) is 7. The van der Waals surface area contributed by atoms with E-state index >= 15 is 0 Å². The molecule has 2 N–H and O–H groups in total. The third kappa shape index (κ3) is 23.6. The first-order valence-electron chi connectivity index (χ1n) is 9.05. The van der Waals surface area contributed by atoms with Crippen LogP contribution < -0.4 is 5.73 Å². The first kappa shape index (κ1) is 27.6. The van der Waals surface area contributed by atoms with Gasteiger partial charge in [-0.2, -0.15) is 8.42 Å². The Morgan fingerprint density at radius 3 is 1.29 bits per heavy atom. The van der Waals surface area contributed by atoms with Crippen molar-refractivity contribution in [2.75, 3.05) is 99.3 Å². The molecule has 0 aromatic carbocycles. The molecule has 11 nitrogen and oxygen atoms in total. The Hall–Kier alpha value is -0.410. The van der Waals surface area contributed by atoms with Gasteiger partial charge in [0.2, 0.25) is 0 Å². The summed E-state index contributed by atoms with van der Waals surface area (Å²) < 4.78 is 62.5. The Labute approximate surface area is 167 Å². The molecule has 0 aromatic rings. The van der Waals surface area contributed by atoms with Crippen LogP contribution >= 0.6 is 0 Å². The van der Waals surface area contributed by atoms with Gasteiger partial charge in [0.1, 0.15) is 6.23 Å². The summed E-state index contributed by atoms with van der Waals surface area (Å²) in [6, 6.07) is 0. The normalized spacial score (nSPS) is 13.1. The quantitative estimate of drug-likeness (QED) is 0.128.